The van der Waals surface area contributed by atoms with E-state index in [2.05, 4.69) is 27.2 Å². The van der Waals surface area contributed by atoms with Crippen LogP contribution in [0.25, 0.3) is 5.65 Å². The minimum Gasteiger partial charge on any atom is -0.484 e. The molecule has 3 atom stereocenters. The first-order valence-electron chi connectivity index (χ1n) is 12.2. The average Bonchev–Trinajstić information content (AvgIpc) is 3.43. The number of aryl methyl sites for hydroxylation is 1. The Labute approximate surface area is 235 Å². The summed E-state index contributed by atoms with van der Waals surface area (Å²) in [7, 11) is 1.39. The van der Waals surface area contributed by atoms with Gasteiger partial charge in [0.2, 0.25) is 5.91 Å². The van der Waals surface area contributed by atoms with Crippen LogP contribution in [0.1, 0.15) is 10.5 Å². The largest absolute Gasteiger partial charge is 0.484 e. The van der Waals surface area contributed by atoms with Crippen molar-refractivity contribution in [1.82, 2.24) is 34.6 Å². The number of ether oxygens (including phenoxy) is 3. The summed E-state index contributed by atoms with van der Waals surface area (Å²) in [4.78, 5) is 68.7. The molecule has 1 aromatic carbocycles. The van der Waals surface area contributed by atoms with Gasteiger partial charge < -0.3 is 24.4 Å². The number of hydrogen-bond acceptors (Lipinski definition) is 12. The highest BCUT2D eigenvalue weighted by molar-refractivity contribution is 8.03. The third kappa shape index (κ3) is 5.41. The fourth-order valence-electron chi connectivity index (χ4n) is 4.16. The Balaban J connectivity index is 1.28. The van der Waals surface area contributed by atoms with Gasteiger partial charge in [-0.3, -0.25) is 9.59 Å². The van der Waals surface area contributed by atoms with Crippen LogP contribution in [0.5, 0.6) is 5.75 Å². The minimum atomic E-state index is -1.21. The summed E-state index contributed by atoms with van der Waals surface area (Å²) in [6, 6.07) is 6.62. The zero-order chi connectivity index (χ0) is 29.1. The van der Waals surface area contributed by atoms with Crippen LogP contribution in [0.2, 0.25) is 0 Å². The number of aromatic nitrogens is 5. The Hall–Kier alpha value is -4.99. The summed E-state index contributed by atoms with van der Waals surface area (Å²) < 4.78 is 18.0. The van der Waals surface area contributed by atoms with E-state index in [1.807, 2.05) is 6.07 Å². The molecule has 5 rings (SSSR count). The fraction of sp³-hybridized carbons (Fsp3) is 0.280. The first kappa shape index (κ1) is 27.6. The summed E-state index contributed by atoms with van der Waals surface area (Å²) in [6.45, 7) is 2.72. The van der Waals surface area contributed by atoms with Crippen molar-refractivity contribution in [2.24, 2.45) is 7.05 Å². The zero-order valence-electron chi connectivity index (χ0n) is 21.5. The van der Waals surface area contributed by atoms with Crippen LogP contribution >= 0.6 is 11.8 Å². The molecule has 1 unspecified atom stereocenters. The maximum Gasteiger partial charge on any atom is 0.361 e. The molecule has 3 aromatic rings. The lowest BCUT2D eigenvalue weighted by molar-refractivity contribution is -0.163. The van der Waals surface area contributed by atoms with E-state index in [4.69, 9.17) is 14.2 Å². The number of fused-ring (bicyclic) bond motifs is 2. The van der Waals surface area contributed by atoms with Gasteiger partial charge in [-0.25, -0.2) is 23.8 Å². The topological polar surface area (TPSA) is 176 Å². The number of thioether (sulfide) groups is 1. The average molecular weight is 582 g/mol. The van der Waals surface area contributed by atoms with Crippen LogP contribution in [-0.4, -0.2) is 90.3 Å². The van der Waals surface area contributed by atoms with Crippen molar-refractivity contribution in [3.63, 3.8) is 0 Å². The van der Waals surface area contributed by atoms with E-state index in [0.29, 0.717) is 5.75 Å². The van der Waals surface area contributed by atoms with E-state index in [1.165, 1.54) is 29.8 Å². The first-order valence-corrected chi connectivity index (χ1v) is 13.1. The molecule has 212 valence electrons. The zero-order valence-corrected chi connectivity index (χ0v) is 22.4. The molecule has 0 spiro atoms. The summed E-state index contributed by atoms with van der Waals surface area (Å²) in [5, 5.41) is 11.1. The monoisotopic (exact) mass is 581 g/mol. The number of esters is 2. The van der Waals surface area contributed by atoms with Gasteiger partial charge in [0.1, 0.15) is 36.7 Å². The number of hydrogen-bond donors (Lipinski definition) is 1. The van der Waals surface area contributed by atoms with Gasteiger partial charge >= 0.3 is 17.6 Å². The van der Waals surface area contributed by atoms with Crippen LogP contribution in [-0.2, 0) is 30.9 Å². The molecular weight excluding hydrogens is 558 g/mol. The number of benzene rings is 1. The normalized spacial score (nSPS) is 19.4. The van der Waals surface area contributed by atoms with E-state index in [9.17, 15) is 24.0 Å². The summed E-state index contributed by atoms with van der Waals surface area (Å²) in [6.07, 6.45) is 2.50. The van der Waals surface area contributed by atoms with Gasteiger partial charge in [0.05, 0.1) is 0 Å². The number of β-lactam (4-membered cyclic amide) rings is 1. The molecule has 1 saturated heterocycles. The second-order valence-electron chi connectivity index (χ2n) is 8.79. The highest BCUT2D eigenvalue weighted by Crippen LogP contribution is 2.40. The molecule has 2 amide bonds. The number of amides is 2. The summed E-state index contributed by atoms with van der Waals surface area (Å²) in [5.41, 5.74) is -0.637. The van der Waals surface area contributed by atoms with Gasteiger partial charge in [-0.1, -0.05) is 36.1 Å². The molecule has 0 saturated carbocycles. The number of carbonyl (C=O) groups excluding carboxylic acids is 4. The van der Waals surface area contributed by atoms with Crippen molar-refractivity contribution < 1.29 is 33.4 Å². The van der Waals surface area contributed by atoms with Crippen molar-refractivity contribution in [2.75, 3.05) is 19.8 Å². The third-order valence-corrected chi connectivity index (χ3v) is 7.34. The van der Waals surface area contributed by atoms with Crippen LogP contribution in [0.15, 0.2) is 65.1 Å². The lowest BCUT2D eigenvalue weighted by atomic mass is 9.98. The summed E-state index contributed by atoms with van der Waals surface area (Å²) in [5.74, 6) is -2.20. The molecular formula is C25H23N7O8S. The molecule has 1 fully saturated rings. The molecule has 15 nitrogen and oxygen atoms in total. The number of imidazole rings is 1. The highest BCUT2D eigenvalue weighted by atomic mass is 32.2. The Morgan fingerprint density at radius 1 is 1.17 bits per heavy atom. The molecule has 2 aromatic heterocycles. The number of rotatable bonds is 10. The molecule has 16 heteroatoms. The van der Waals surface area contributed by atoms with Crippen LogP contribution in [0.4, 0.5) is 0 Å². The predicted molar refractivity (Wildman–Crippen MR) is 141 cm³/mol. The smallest absolute Gasteiger partial charge is 0.361 e. The molecule has 4 heterocycles. The third-order valence-electron chi connectivity index (χ3n) is 6.13. The standard InChI is InChI=1S/C25H23N7O8S/c1-3-9-38-24(36)19-14(10-40-23(35)17-20-28-29-30(2)25(37)31(20)13-26-17)12-41-22-18(21(34)32(19)22)27-16(33)11-39-15-7-5-4-6-8-15/h3-8,12-13,18-19,22H,1,9-11H2,2H3,(H,27,33)/t18-,19?,22-/m1/s1. The highest BCUT2D eigenvalue weighted by Gasteiger charge is 2.56. The second kappa shape index (κ2) is 11.6. The van der Waals surface area contributed by atoms with Crippen molar-refractivity contribution in [2.45, 2.75) is 17.5 Å². The lowest BCUT2D eigenvalue weighted by Crippen LogP contribution is -2.74. The van der Waals surface area contributed by atoms with E-state index in [0.717, 1.165) is 15.4 Å². The maximum atomic E-state index is 13.1. The molecule has 0 bridgehead atoms. The quantitative estimate of drug-likeness (QED) is 0.184. The van der Waals surface area contributed by atoms with Crippen molar-refractivity contribution in [3.8, 4) is 5.75 Å². The molecule has 0 radical (unpaired) electrons. The van der Waals surface area contributed by atoms with Gasteiger partial charge in [0.25, 0.3) is 5.91 Å². The van der Waals surface area contributed by atoms with Gasteiger partial charge in [-0.05, 0) is 17.5 Å². The lowest BCUT2D eigenvalue weighted by Gasteiger charge is -2.51. The SMILES string of the molecule is C=CCOC(=O)C1C(COC(=O)c2ncn3c(=O)n(C)nnc23)=CS[C@@H]2[C@H](NC(=O)COc3ccccc3)C(=O)N12. The molecule has 2 aliphatic heterocycles. The molecule has 41 heavy (non-hydrogen) atoms. The molecule has 0 aliphatic carbocycles. The van der Waals surface area contributed by atoms with E-state index in [1.54, 1.807) is 29.7 Å². The Kier molecular flexibility index (Phi) is 7.82. The van der Waals surface area contributed by atoms with E-state index in [-0.39, 0.29) is 30.1 Å². The van der Waals surface area contributed by atoms with Crippen molar-refractivity contribution in [1.29, 1.82) is 0 Å². The Morgan fingerprint density at radius 2 is 1.95 bits per heavy atom. The number of para-hydroxylation sites is 1. The Morgan fingerprint density at radius 3 is 2.71 bits per heavy atom. The van der Waals surface area contributed by atoms with Crippen LogP contribution in [0.3, 0.4) is 0 Å². The number of carbonyl (C=O) groups is 4. The van der Waals surface area contributed by atoms with Gasteiger partial charge in [-0.15, -0.1) is 16.9 Å². The summed E-state index contributed by atoms with van der Waals surface area (Å²) >= 11 is 1.17. The Bertz CT molecular complexity index is 1620. The number of nitrogens with one attached hydrogen (secondary N) is 1. The molecule has 2 aliphatic rings. The van der Waals surface area contributed by atoms with Gasteiger partial charge in [0.15, 0.2) is 24.0 Å². The van der Waals surface area contributed by atoms with Crippen molar-refractivity contribution >= 4 is 41.2 Å². The number of nitrogens with zero attached hydrogens (tertiary/aromatic N) is 6. The van der Waals surface area contributed by atoms with E-state index >= 15 is 0 Å². The minimum absolute atomic E-state index is 0.0974. The van der Waals surface area contributed by atoms with Crippen molar-refractivity contribution in [3.05, 3.63) is 76.5 Å². The predicted octanol–water partition coefficient (Wildman–Crippen LogP) is -0.560. The maximum absolute atomic E-state index is 13.1. The van der Waals surface area contributed by atoms with Gasteiger partial charge in [0, 0.05) is 12.6 Å². The fourth-order valence-corrected chi connectivity index (χ4v) is 5.37. The van der Waals surface area contributed by atoms with Crippen LogP contribution in [0, 0.1) is 0 Å². The second-order valence-corrected chi connectivity index (χ2v) is 9.78. The molecule has 1 N–H and O–H groups in total. The first-order chi connectivity index (χ1) is 19.8. The van der Waals surface area contributed by atoms with E-state index < -0.39 is 53.5 Å². The van der Waals surface area contributed by atoms with Crippen LogP contribution < -0.4 is 15.7 Å². The van der Waals surface area contributed by atoms with Gasteiger partial charge in [-0.2, -0.15) is 4.68 Å².